The number of benzene rings is 2. The van der Waals surface area contributed by atoms with Crippen molar-refractivity contribution >= 4 is 29.1 Å². The second-order valence-corrected chi connectivity index (χ2v) is 8.14. The zero-order valence-corrected chi connectivity index (χ0v) is 18.7. The van der Waals surface area contributed by atoms with E-state index in [0.717, 1.165) is 15.9 Å². The molecule has 33 heavy (non-hydrogen) atoms. The Hall–Kier alpha value is -3.65. The average Bonchev–Trinajstić information content (AvgIpc) is 2.84. The van der Waals surface area contributed by atoms with Crippen molar-refractivity contribution in [1.82, 2.24) is 20.0 Å². The van der Waals surface area contributed by atoms with E-state index in [1.165, 1.54) is 6.07 Å². The van der Waals surface area contributed by atoms with Crippen molar-refractivity contribution in [2.45, 2.75) is 6.54 Å². The number of nitrogens with zero attached hydrogens (tertiary/aromatic N) is 4. The second kappa shape index (κ2) is 10.3. The minimum absolute atomic E-state index is 0.122. The molecule has 4 rings (SSSR count). The number of piperazine rings is 1. The highest BCUT2D eigenvalue weighted by molar-refractivity contribution is 6.30. The van der Waals surface area contributed by atoms with E-state index in [2.05, 4.69) is 15.3 Å². The molecule has 8 nitrogen and oxygen atoms in total. The van der Waals surface area contributed by atoms with Crippen molar-refractivity contribution in [2.24, 2.45) is 0 Å². The van der Waals surface area contributed by atoms with Crippen molar-refractivity contribution in [1.29, 1.82) is 0 Å². The molecule has 1 fully saturated rings. The van der Waals surface area contributed by atoms with E-state index < -0.39 is 5.91 Å². The van der Waals surface area contributed by atoms with Crippen molar-refractivity contribution in [3.05, 3.63) is 82.1 Å². The van der Waals surface area contributed by atoms with E-state index >= 15 is 0 Å². The largest absolute Gasteiger partial charge is 0.368 e. The minimum atomic E-state index is -0.444. The van der Waals surface area contributed by atoms with Gasteiger partial charge in [0.1, 0.15) is 6.54 Å². The van der Waals surface area contributed by atoms with Crippen molar-refractivity contribution in [3.8, 4) is 11.3 Å². The molecule has 3 aromatic rings. The number of carbonyl (C=O) groups is 2. The number of amides is 2. The molecule has 0 radical (unpaired) electrons. The van der Waals surface area contributed by atoms with Crippen LogP contribution in [0.25, 0.3) is 11.3 Å². The summed E-state index contributed by atoms with van der Waals surface area (Å²) < 4.78 is 1.10. The Balaban J connectivity index is 1.28. The Morgan fingerprint density at radius 1 is 0.939 bits per heavy atom. The van der Waals surface area contributed by atoms with Crippen LogP contribution in [0, 0.1) is 0 Å². The molecule has 170 valence electrons. The normalized spacial score (nSPS) is 13.6. The van der Waals surface area contributed by atoms with Crippen LogP contribution < -0.4 is 15.8 Å². The van der Waals surface area contributed by atoms with Crippen LogP contribution in [-0.2, 0) is 16.1 Å². The lowest BCUT2D eigenvalue weighted by Gasteiger charge is -2.36. The van der Waals surface area contributed by atoms with Gasteiger partial charge in [0, 0.05) is 48.5 Å². The maximum absolute atomic E-state index is 12.5. The highest BCUT2D eigenvalue weighted by Gasteiger charge is 2.21. The molecule has 2 heterocycles. The van der Waals surface area contributed by atoms with Crippen LogP contribution in [0.4, 0.5) is 5.69 Å². The topological polar surface area (TPSA) is 87.5 Å². The summed E-state index contributed by atoms with van der Waals surface area (Å²) in [6, 6.07) is 20.0. The summed E-state index contributed by atoms with van der Waals surface area (Å²) in [5.74, 6) is -0.604. The highest BCUT2D eigenvalue weighted by atomic mass is 35.5. The molecule has 0 bridgehead atoms. The van der Waals surface area contributed by atoms with Crippen LogP contribution in [0.15, 0.2) is 71.5 Å². The van der Waals surface area contributed by atoms with E-state index in [0.29, 0.717) is 36.9 Å². The third-order valence-corrected chi connectivity index (χ3v) is 5.71. The van der Waals surface area contributed by atoms with Crippen LogP contribution >= 0.6 is 11.6 Å². The zero-order valence-electron chi connectivity index (χ0n) is 18.0. The van der Waals surface area contributed by atoms with Gasteiger partial charge in [0.05, 0.1) is 12.2 Å². The van der Waals surface area contributed by atoms with Gasteiger partial charge in [-0.05, 0) is 24.3 Å². The molecule has 0 aliphatic carbocycles. The second-order valence-electron chi connectivity index (χ2n) is 7.70. The van der Waals surface area contributed by atoms with E-state index in [4.69, 9.17) is 11.6 Å². The molecule has 1 aliphatic heterocycles. The predicted molar refractivity (Wildman–Crippen MR) is 127 cm³/mol. The van der Waals surface area contributed by atoms with Crippen LogP contribution in [0.1, 0.15) is 0 Å². The standard InChI is InChI=1S/C24H24ClN5O3/c25-19-7-4-8-20(15-19)28-11-13-29(14-12-28)24(33)16-26-22(31)17-30-23(32)10-9-21(27-30)18-5-2-1-3-6-18/h1-10,15H,11-14,16-17H2,(H,26,31). The Labute approximate surface area is 196 Å². The Bertz CT molecular complexity index is 1190. The predicted octanol–water partition coefficient (Wildman–Crippen LogP) is 2.03. The highest BCUT2D eigenvalue weighted by Crippen LogP contribution is 2.20. The van der Waals surface area contributed by atoms with Gasteiger partial charge in [-0.2, -0.15) is 5.10 Å². The number of nitrogens with one attached hydrogen (secondary N) is 1. The lowest BCUT2D eigenvalue weighted by atomic mass is 10.1. The van der Waals surface area contributed by atoms with Gasteiger partial charge in [-0.25, -0.2) is 4.68 Å². The van der Waals surface area contributed by atoms with Gasteiger partial charge in [-0.3, -0.25) is 14.4 Å². The fourth-order valence-electron chi connectivity index (χ4n) is 3.69. The van der Waals surface area contributed by atoms with Gasteiger partial charge in [0.2, 0.25) is 11.8 Å². The monoisotopic (exact) mass is 465 g/mol. The Morgan fingerprint density at radius 2 is 1.70 bits per heavy atom. The molecular weight excluding hydrogens is 442 g/mol. The summed E-state index contributed by atoms with van der Waals surface area (Å²) in [4.78, 5) is 40.9. The minimum Gasteiger partial charge on any atom is -0.368 e. The number of hydrogen-bond acceptors (Lipinski definition) is 5. The summed E-state index contributed by atoms with van der Waals surface area (Å²) in [5.41, 5.74) is 2.09. The van der Waals surface area contributed by atoms with E-state index in [9.17, 15) is 14.4 Å². The van der Waals surface area contributed by atoms with E-state index in [1.807, 2.05) is 54.6 Å². The molecule has 0 atom stereocenters. The maximum atomic E-state index is 12.5. The van der Waals surface area contributed by atoms with Gasteiger partial charge >= 0.3 is 0 Å². The molecule has 1 aliphatic rings. The van der Waals surface area contributed by atoms with Gasteiger partial charge < -0.3 is 15.1 Å². The molecule has 2 amide bonds. The number of aromatic nitrogens is 2. The summed E-state index contributed by atoms with van der Waals surface area (Å²) in [6.45, 7) is 2.11. The summed E-state index contributed by atoms with van der Waals surface area (Å²) in [5, 5.41) is 7.56. The molecule has 9 heteroatoms. The summed E-state index contributed by atoms with van der Waals surface area (Å²) in [7, 11) is 0. The fourth-order valence-corrected chi connectivity index (χ4v) is 3.87. The van der Waals surface area contributed by atoms with E-state index in [1.54, 1.807) is 11.0 Å². The molecule has 1 saturated heterocycles. The molecule has 0 spiro atoms. The van der Waals surface area contributed by atoms with Crippen molar-refractivity contribution in [3.63, 3.8) is 0 Å². The molecule has 2 aromatic carbocycles. The number of anilines is 1. The molecular formula is C24H24ClN5O3. The van der Waals surface area contributed by atoms with Gasteiger partial charge in [0.25, 0.3) is 5.56 Å². The van der Waals surface area contributed by atoms with Gasteiger partial charge in [-0.1, -0.05) is 48.0 Å². The molecule has 0 saturated carbocycles. The SMILES string of the molecule is O=C(Cn1nc(-c2ccccc2)ccc1=O)NCC(=O)N1CCN(c2cccc(Cl)c2)CC1. The van der Waals surface area contributed by atoms with Crippen LogP contribution in [0.2, 0.25) is 5.02 Å². The lowest BCUT2D eigenvalue weighted by molar-refractivity contribution is -0.133. The number of hydrogen-bond donors (Lipinski definition) is 1. The Morgan fingerprint density at radius 3 is 2.42 bits per heavy atom. The van der Waals surface area contributed by atoms with E-state index in [-0.39, 0.29) is 24.6 Å². The third kappa shape index (κ3) is 5.78. The lowest BCUT2D eigenvalue weighted by Crippen LogP contribution is -2.51. The number of carbonyl (C=O) groups excluding carboxylic acids is 2. The van der Waals surface area contributed by atoms with Crippen molar-refractivity contribution in [2.75, 3.05) is 37.6 Å². The first-order valence-corrected chi connectivity index (χ1v) is 11.1. The van der Waals surface area contributed by atoms with Crippen LogP contribution in [-0.4, -0.2) is 59.2 Å². The summed E-state index contributed by atoms with van der Waals surface area (Å²) in [6.07, 6.45) is 0. The first-order valence-electron chi connectivity index (χ1n) is 10.7. The number of rotatable bonds is 6. The Kier molecular flexibility index (Phi) is 7.04. The first-order chi connectivity index (χ1) is 16.0. The smallest absolute Gasteiger partial charge is 0.267 e. The average molecular weight is 466 g/mol. The van der Waals surface area contributed by atoms with Crippen molar-refractivity contribution < 1.29 is 9.59 Å². The zero-order chi connectivity index (χ0) is 23.2. The maximum Gasteiger partial charge on any atom is 0.267 e. The van der Waals surface area contributed by atoms with Gasteiger partial charge in [0.15, 0.2) is 0 Å². The van der Waals surface area contributed by atoms with Crippen LogP contribution in [0.3, 0.4) is 0 Å². The van der Waals surface area contributed by atoms with Crippen LogP contribution in [0.5, 0.6) is 0 Å². The quantitative estimate of drug-likeness (QED) is 0.602. The third-order valence-electron chi connectivity index (χ3n) is 5.47. The van der Waals surface area contributed by atoms with Gasteiger partial charge in [-0.15, -0.1) is 0 Å². The summed E-state index contributed by atoms with van der Waals surface area (Å²) >= 11 is 6.06. The molecule has 1 aromatic heterocycles. The number of halogens is 1. The first kappa shape index (κ1) is 22.5. The fraction of sp³-hybridized carbons (Fsp3) is 0.250. The molecule has 0 unspecified atom stereocenters. The molecule has 1 N–H and O–H groups in total.